The summed E-state index contributed by atoms with van der Waals surface area (Å²) in [7, 11) is 1.57. The zero-order chi connectivity index (χ0) is 23.6. The minimum atomic E-state index is -4.44. The molecule has 10 heteroatoms. The number of carbonyl (C=O) groups excluding carboxylic acids is 1. The lowest BCUT2D eigenvalue weighted by molar-refractivity contribution is -0.137. The van der Waals surface area contributed by atoms with Gasteiger partial charge in [-0.3, -0.25) is 9.69 Å². The lowest BCUT2D eigenvalue weighted by Gasteiger charge is -2.34. The van der Waals surface area contributed by atoms with Gasteiger partial charge < -0.3 is 14.2 Å². The van der Waals surface area contributed by atoms with Crippen molar-refractivity contribution in [3.63, 3.8) is 0 Å². The van der Waals surface area contributed by atoms with Gasteiger partial charge in [0.1, 0.15) is 5.75 Å². The summed E-state index contributed by atoms with van der Waals surface area (Å²) in [6, 6.07) is 10.2. The highest BCUT2D eigenvalue weighted by Gasteiger charge is 2.31. The molecule has 7 nitrogen and oxygen atoms in total. The molecule has 0 radical (unpaired) electrons. The molecule has 2 aromatic carbocycles. The summed E-state index contributed by atoms with van der Waals surface area (Å²) in [6.07, 6.45) is -4.44. The molecule has 0 saturated carbocycles. The van der Waals surface area contributed by atoms with Crippen molar-refractivity contribution in [2.75, 3.05) is 33.3 Å². The summed E-state index contributed by atoms with van der Waals surface area (Å²) in [5.41, 5.74) is 1.01. The molecule has 1 amide bonds. The number of carbonyl (C=O) groups is 1. The van der Waals surface area contributed by atoms with Crippen molar-refractivity contribution in [1.82, 2.24) is 19.9 Å². The first-order chi connectivity index (χ1) is 15.7. The van der Waals surface area contributed by atoms with Crippen molar-refractivity contribution in [2.45, 2.75) is 19.6 Å². The van der Waals surface area contributed by atoms with Crippen molar-refractivity contribution in [3.8, 4) is 17.1 Å². The molecule has 0 unspecified atom stereocenters. The smallest absolute Gasteiger partial charge is 0.416 e. The second-order valence-electron chi connectivity index (χ2n) is 7.84. The van der Waals surface area contributed by atoms with Gasteiger partial charge >= 0.3 is 6.18 Å². The van der Waals surface area contributed by atoms with Crippen LogP contribution in [0.25, 0.3) is 11.4 Å². The molecule has 33 heavy (non-hydrogen) atoms. The number of halogens is 3. The van der Waals surface area contributed by atoms with Crippen LogP contribution >= 0.6 is 0 Å². The van der Waals surface area contributed by atoms with E-state index in [1.54, 1.807) is 24.1 Å². The molecule has 1 aliphatic rings. The average molecular weight is 460 g/mol. The largest absolute Gasteiger partial charge is 0.496 e. The molecule has 1 aromatic heterocycles. The lowest BCUT2D eigenvalue weighted by Crippen LogP contribution is -2.48. The highest BCUT2D eigenvalue weighted by Crippen LogP contribution is 2.31. The lowest BCUT2D eigenvalue weighted by atomic mass is 10.1. The summed E-state index contributed by atoms with van der Waals surface area (Å²) in [6.45, 7) is 4.55. The SMILES string of the molecule is COc1cc(C(=O)N2CCN(Cc3nc(-c4cccc(C(F)(F)F)c4)no3)CC2)ccc1C. The monoisotopic (exact) mass is 460 g/mol. The van der Waals surface area contributed by atoms with Crippen LogP contribution in [0.5, 0.6) is 5.75 Å². The molecule has 174 valence electrons. The van der Waals surface area contributed by atoms with Crippen molar-refractivity contribution in [3.05, 3.63) is 65.0 Å². The summed E-state index contributed by atoms with van der Waals surface area (Å²) in [4.78, 5) is 20.9. The summed E-state index contributed by atoms with van der Waals surface area (Å²) < 4.78 is 49.4. The first-order valence-corrected chi connectivity index (χ1v) is 10.4. The fraction of sp³-hybridized carbons (Fsp3) is 0.348. The molecule has 0 N–H and O–H groups in total. The first-order valence-electron chi connectivity index (χ1n) is 10.4. The summed E-state index contributed by atoms with van der Waals surface area (Å²) in [5, 5.41) is 3.82. The van der Waals surface area contributed by atoms with Gasteiger partial charge in [0.2, 0.25) is 11.7 Å². The maximum absolute atomic E-state index is 12.9. The van der Waals surface area contributed by atoms with E-state index in [1.165, 1.54) is 12.1 Å². The molecule has 0 spiro atoms. The maximum Gasteiger partial charge on any atom is 0.416 e. The molecule has 4 rings (SSSR count). The van der Waals surface area contributed by atoms with Crippen LogP contribution in [-0.2, 0) is 12.7 Å². The van der Waals surface area contributed by atoms with Gasteiger partial charge in [0.15, 0.2) is 0 Å². The Morgan fingerprint density at radius 3 is 2.58 bits per heavy atom. The summed E-state index contributed by atoms with van der Waals surface area (Å²) >= 11 is 0. The number of hydrogen-bond donors (Lipinski definition) is 0. The number of rotatable bonds is 5. The van der Waals surface area contributed by atoms with Crippen LogP contribution < -0.4 is 4.74 Å². The number of amides is 1. The van der Waals surface area contributed by atoms with E-state index in [-0.39, 0.29) is 17.3 Å². The number of piperazine rings is 1. The zero-order valence-electron chi connectivity index (χ0n) is 18.2. The molecule has 0 bridgehead atoms. The maximum atomic E-state index is 12.9. The van der Waals surface area contributed by atoms with Gasteiger partial charge in [-0.1, -0.05) is 23.4 Å². The minimum Gasteiger partial charge on any atom is -0.496 e. The highest BCUT2D eigenvalue weighted by atomic mass is 19.4. The normalized spacial score (nSPS) is 15.0. The van der Waals surface area contributed by atoms with E-state index < -0.39 is 11.7 Å². The van der Waals surface area contributed by atoms with Crippen molar-refractivity contribution < 1.29 is 27.2 Å². The van der Waals surface area contributed by atoms with E-state index in [1.807, 2.05) is 13.0 Å². The number of ether oxygens (including phenoxy) is 1. The second-order valence-corrected chi connectivity index (χ2v) is 7.84. The molecular weight excluding hydrogens is 437 g/mol. The van der Waals surface area contributed by atoms with E-state index in [0.717, 1.165) is 17.7 Å². The van der Waals surface area contributed by atoms with Crippen LogP contribution in [0.3, 0.4) is 0 Å². The van der Waals surface area contributed by atoms with Crippen LogP contribution in [0.4, 0.5) is 13.2 Å². The molecule has 2 heterocycles. The van der Waals surface area contributed by atoms with Crippen LogP contribution in [0, 0.1) is 6.92 Å². The third-order valence-corrected chi connectivity index (χ3v) is 5.59. The number of methoxy groups -OCH3 is 1. The van der Waals surface area contributed by atoms with Gasteiger partial charge in [-0.15, -0.1) is 0 Å². The molecule has 0 atom stereocenters. The molecule has 1 saturated heterocycles. The quantitative estimate of drug-likeness (QED) is 0.573. The van der Waals surface area contributed by atoms with Crippen LogP contribution in [0.2, 0.25) is 0 Å². The van der Waals surface area contributed by atoms with Crippen molar-refractivity contribution in [2.24, 2.45) is 0 Å². The molecule has 0 aliphatic carbocycles. The topological polar surface area (TPSA) is 71.7 Å². The van der Waals surface area contributed by atoms with Gasteiger partial charge in [0.25, 0.3) is 5.91 Å². The fourth-order valence-corrected chi connectivity index (χ4v) is 3.71. The Bertz CT molecular complexity index is 1140. The predicted octanol–water partition coefficient (Wildman–Crippen LogP) is 4.03. The Labute approximate surface area is 188 Å². The van der Waals surface area contributed by atoms with E-state index in [2.05, 4.69) is 15.0 Å². The van der Waals surface area contributed by atoms with E-state index in [4.69, 9.17) is 9.26 Å². The Morgan fingerprint density at radius 2 is 1.88 bits per heavy atom. The third-order valence-electron chi connectivity index (χ3n) is 5.59. The average Bonchev–Trinajstić information content (AvgIpc) is 3.27. The molecule has 1 fully saturated rings. The van der Waals surface area contributed by atoms with Gasteiger partial charge in [-0.25, -0.2) is 0 Å². The van der Waals surface area contributed by atoms with Gasteiger partial charge in [0.05, 0.1) is 19.2 Å². The molecule has 1 aliphatic heterocycles. The number of alkyl halides is 3. The number of hydrogen-bond acceptors (Lipinski definition) is 6. The van der Waals surface area contributed by atoms with Crippen LogP contribution in [0.1, 0.15) is 27.4 Å². The second kappa shape index (κ2) is 9.22. The van der Waals surface area contributed by atoms with E-state index >= 15 is 0 Å². The first kappa shape index (κ1) is 22.8. The standard InChI is InChI=1S/C23H23F3N4O3/c1-15-6-7-17(13-19(15)32-2)22(31)30-10-8-29(9-11-30)14-20-27-21(28-33-20)16-4-3-5-18(12-16)23(24,25)26/h3-7,12-13H,8-11,14H2,1-2H3. The van der Waals surface area contributed by atoms with Gasteiger partial charge in [-0.2, -0.15) is 18.2 Å². The number of benzene rings is 2. The number of aryl methyl sites for hydroxylation is 1. The summed E-state index contributed by atoms with van der Waals surface area (Å²) in [5.74, 6) is 1.04. The number of nitrogens with zero attached hydrogens (tertiary/aromatic N) is 4. The Balaban J connectivity index is 1.36. The number of aromatic nitrogens is 2. The Morgan fingerprint density at radius 1 is 1.12 bits per heavy atom. The predicted molar refractivity (Wildman–Crippen MR) is 114 cm³/mol. The van der Waals surface area contributed by atoms with Gasteiger partial charge in [-0.05, 0) is 36.8 Å². The highest BCUT2D eigenvalue weighted by molar-refractivity contribution is 5.94. The molecule has 3 aromatic rings. The Kier molecular flexibility index (Phi) is 6.37. The minimum absolute atomic E-state index is 0.0578. The third kappa shape index (κ3) is 5.16. The van der Waals surface area contributed by atoms with Crippen molar-refractivity contribution >= 4 is 5.91 Å². The molecular formula is C23H23F3N4O3. The van der Waals surface area contributed by atoms with E-state index in [0.29, 0.717) is 49.9 Å². The van der Waals surface area contributed by atoms with Gasteiger partial charge in [0, 0.05) is 37.3 Å². The van der Waals surface area contributed by atoms with Crippen molar-refractivity contribution in [1.29, 1.82) is 0 Å². The zero-order valence-corrected chi connectivity index (χ0v) is 18.2. The van der Waals surface area contributed by atoms with E-state index in [9.17, 15) is 18.0 Å². The van der Waals surface area contributed by atoms with Crippen LogP contribution in [-0.4, -0.2) is 59.1 Å². The fourth-order valence-electron chi connectivity index (χ4n) is 3.71. The Hall–Kier alpha value is -3.40. The van der Waals surface area contributed by atoms with Crippen LogP contribution in [0.15, 0.2) is 47.0 Å².